The van der Waals surface area contributed by atoms with Gasteiger partial charge in [0.1, 0.15) is 5.75 Å². The molecule has 0 aliphatic carbocycles. The number of ketones is 1. The van der Waals surface area contributed by atoms with Gasteiger partial charge in [0.2, 0.25) is 18.1 Å². The summed E-state index contributed by atoms with van der Waals surface area (Å²) < 4.78 is 11.8. The van der Waals surface area contributed by atoms with Crippen molar-refractivity contribution in [2.75, 3.05) is 0 Å². The van der Waals surface area contributed by atoms with Gasteiger partial charge in [-0.3, -0.25) is 4.79 Å². The molecule has 1 atom stereocenters. The van der Waals surface area contributed by atoms with Crippen LogP contribution in [-0.2, 0) is 0 Å². The second-order valence-electron chi connectivity index (χ2n) is 4.90. The summed E-state index contributed by atoms with van der Waals surface area (Å²) in [4.78, 5) is 12.3. The molecule has 0 aliphatic heterocycles. The molecule has 0 radical (unpaired) electrons. The molecule has 1 aromatic heterocycles. The van der Waals surface area contributed by atoms with Crippen molar-refractivity contribution in [1.29, 1.82) is 0 Å². The Balaban J connectivity index is 1.68. The monoisotopic (exact) mass is 372 g/mol. The van der Waals surface area contributed by atoms with E-state index in [0.717, 1.165) is 10.0 Å². The smallest absolute Gasteiger partial charge is 0.247 e. The van der Waals surface area contributed by atoms with Gasteiger partial charge in [-0.05, 0) is 43.3 Å². The third-order valence-electron chi connectivity index (χ3n) is 3.27. The lowest BCUT2D eigenvalue weighted by atomic mass is 10.1. The molecular formula is C17H13BrN2O3. The van der Waals surface area contributed by atoms with Crippen LogP contribution in [0.25, 0.3) is 11.5 Å². The van der Waals surface area contributed by atoms with Crippen molar-refractivity contribution in [1.82, 2.24) is 10.2 Å². The van der Waals surface area contributed by atoms with Crippen LogP contribution in [0.2, 0.25) is 0 Å². The van der Waals surface area contributed by atoms with E-state index in [2.05, 4.69) is 26.1 Å². The molecule has 3 rings (SSSR count). The second kappa shape index (κ2) is 6.75. The molecule has 3 aromatic rings. The first-order valence-corrected chi connectivity index (χ1v) is 7.76. The normalized spacial score (nSPS) is 11.9. The van der Waals surface area contributed by atoms with Gasteiger partial charge in [0.15, 0.2) is 6.10 Å². The molecule has 116 valence electrons. The second-order valence-corrected chi connectivity index (χ2v) is 5.82. The van der Waals surface area contributed by atoms with E-state index in [-0.39, 0.29) is 5.78 Å². The summed E-state index contributed by atoms with van der Waals surface area (Å²) in [6.45, 7) is 1.73. The molecule has 23 heavy (non-hydrogen) atoms. The minimum atomic E-state index is -0.578. The van der Waals surface area contributed by atoms with Gasteiger partial charge in [0.05, 0.1) is 0 Å². The summed E-state index contributed by atoms with van der Waals surface area (Å²) in [6, 6.07) is 14.4. The zero-order valence-electron chi connectivity index (χ0n) is 12.3. The highest BCUT2D eigenvalue weighted by Gasteiger charge is 2.17. The quantitative estimate of drug-likeness (QED) is 0.629. The van der Waals surface area contributed by atoms with Crippen LogP contribution in [0.3, 0.4) is 0 Å². The number of benzene rings is 2. The highest BCUT2D eigenvalue weighted by atomic mass is 79.9. The molecule has 0 spiro atoms. The molecule has 0 saturated heterocycles. The Labute approximate surface area is 141 Å². The van der Waals surface area contributed by atoms with E-state index < -0.39 is 6.10 Å². The number of rotatable bonds is 5. The molecule has 0 bridgehead atoms. The van der Waals surface area contributed by atoms with Gasteiger partial charge in [-0.15, -0.1) is 10.2 Å². The highest BCUT2D eigenvalue weighted by Crippen LogP contribution is 2.21. The van der Waals surface area contributed by atoms with Gasteiger partial charge in [0, 0.05) is 15.6 Å². The Morgan fingerprint density at radius 3 is 2.43 bits per heavy atom. The number of carbonyl (C=O) groups is 1. The lowest BCUT2D eigenvalue weighted by molar-refractivity contribution is 0.0818. The summed E-state index contributed by atoms with van der Waals surface area (Å²) in [5.41, 5.74) is 1.41. The van der Waals surface area contributed by atoms with E-state index in [9.17, 15) is 4.79 Å². The van der Waals surface area contributed by atoms with Gasteiger partial charge in [-0.25, -0.2) is 0 Å². The summed E-state index contributed by atoms with van der Waals surface area (Å²) in [5.74, 6) is 0.972. The van der Waals surface area contributed by atoms with Crippen LogP contribution >= 0.6 is 15.9 Å². The van der Waals surface area contributed by atoms with Crippen molar-refractivity contribution in [3.8, 4) is 17.2 Å². The van der Waals surface area contributed by atoms with Gasteiger partial charge >= 0.3 is 0 Å². The zero-order chi connectivity index (χ0) is 16.2. The van der Waals surface area contributed by atoms with Crippen molar-refractivity contribution in [2.24, 2.45) is 0 Å². The predicted molar refractivity (Wildman–Crippen MR) is 88.3 cm³/mol. The molecule has 0 unspecified atom stereocenters. The molecule has 1 heterocycles. The summed E-state index contributed by atoms with van der Waals surface area (Å²) >= 11 is 3.35. The van der Waals surface area contributed by atoms with E-state index in [0.29, 0.717) is 17.2 Å². The van der Waals surface area contributed by atoms with Crippen molar-refractivity contribution < 1.29 is 13.9 Å². The van der Waals surface area contributed by atoms with E-state index >= 15 is 0 Å². The van der Waals surface area contributed by atoms with Crippen LogP contribution in [-0.4, -0.2) is 22.1 Å². The van der Waals surface area contributed by atoms with Gasteiger partial charge < -0.3 is 9.15 Å². The van der Waals surface area contributed by atoms with Gasteiger partial charge in [-0.1, -0.05) is 28.1 Å². The molecule has 2 aromatic carbocycles. The third kappa shape index (κ3) is 3.65. The summed E-state index contributed by atoms with van der Waals surface area (Å²) in [5, 5.41) is 7.47. The van der Waals surface area contributed by atoms with Crippen LogP contribution in [0, 0.1) is 0 Å². The Kier molecular flexibility index (Phi) is 4.52. The fourth-order valence-corrected chi connectivity index (χ4v) is 2.35. The molecule has 0 aliphatic rings. The Bertz CT molecular complexity index is 784. The number of hydrogen-bond acceptors (Lipinski definition) is 5. The molecule has 0 amide bonds. The fourth-order valence-electron chi connectivity index (χ4n) is 2.08. The van der Waals surface area contributed by atoms with E-state index in [1.807, 2.05) is 12.1 Å². The SMILES string of the molecule is C[C@H](Oc1ccc(-c2nnco2)cc1)C(=O)c1ccc(Br)cc1. The van der Waals surface area contributed by atoms with Gasteiger partial charge in [0.25, 0.3) is 0 Å². The average molecular weight is 373 g/mol. The maximum atomic E-state index is 12.3. The van der Waals surface area contributed by atoms with E-state index in [1.165, 1.54) is 6.39 Å². The number of nitrogens with zero attached hydrogens (tertiary/aromatic N) is 2. The van der Waals surface area contributed by atoms with Crippen LogP contribution in [0.5, 0.6) is 5.75 Å². The van der Waals surface area contributed by atoms with Crippen LogP contribution in [0.15, 0.2) is 63.8 Å². The van der Waals surface area contributed by atoms with Crippen molar-refractivity contribution in [3.63, 3.8) is 0 Å². The number of aromatic nitrogens is 2. The predicted octanol–water partition coefficient (Wildman–Crippen LogP) is 4.15. The lowest BCUT2D eigenvalue weighted by Crippen LogP contribution is -2.23. The average Bonchev–Trinajstić information content (AvgIpc) is 3.10. The number of hydrogen-bond donors (Lipinski definition) is 0. The Morgan fingerprint density at radius 1 is 1.13 bits per heavy atom. The minimum Gasteiger partial charge on any atom is -0.483 e. The fraction of sp³-hybridized carbons (Fsp3) is 0.118. The molecule has 0 N–H and O–H groups in total. The van der Waals surface area contributed by atoms with Crippen molar-refractivity contribution >= 4 is 21.7 Å². The Morgan fingerprint density at radius 2 is 1.83 bits per heavy atom. The standard InChI is InChI=1S/C17H13BrN2O3/c1-11(16(21)12-2-6-14(18)7-3-12)23-15-8-4-13(5-9-15)17-20-19-10-22-17/h2-11H,1H3/t11-/m0/s1. The molecule has 0 fully saturated rings. The first kappa shape index (κ1) is 15.4. The maximum Gasteiger partial charge on any atom is 0.247 e. The lowest BCUT2D eigenvalue weighted by Gasteiger charge is -2.14. The van der Waals surface area contributed by atoms with Crippen LogP contribution < -0.4 is 4.74 Å². The molecule has 5 nitrogen and oxygen atoms in total. The van der Waals surface area contributed by atoms with Crippen molar-refractivity contribution in [3.05, 3.63) is 65.0 Å². The van der Waals surface area contributed by atoms with Gasteiger partial charge in [-0.2, -0.15) is 0 Å². The van der Waals surface area contributed by atoms with Crippen LogP contribution in [0.4, 0.5) is 0 Å². The Hall–Kier alpha value is -2.47. The van der Waals surface area contributed by atoms with Crippen molar-refractivity contribution in [2.45, 2.75) is 13.0 Å². The van der Waals surface area contributed by atoms with E-state index in [1.54, 1.807) is 43.3 Å². The molecule has 0 saturated carbocycles. The largest absolute Gasteiger partial charge is 0.483 e. The number of ether oxygens (including phenoxy) is 1. The third-order valence-corrected chi connectivity index (χ3v) is 3.80. The number of Topliss-reactive ketones (excluding diaryl/α,β-unsaturated/α-hetero) is 1. The van der Waals surface area contributed by atoms with Crippen LogP contribution in [0.1, 0.15) is 17.3 Å². The summed E-state index contributed by atoms with van der Waals surface area (Å²) in [6.07, 6.45) is 0.698. The zero-order valence-corrected chi connectivity index (χ0v) is 13.9. The molecular weight excluding hydrogens is 360 g/mol. The minimum absolute atomic E-state index is 0.0709. The number of halogens is 1. The number of carbonyl (C=O) groups excluding carboxylic acids is 1. The highest BCUT2D eigenvalue weighted by molar-refractivity contribution is 9.10. The molecule has 6 heteroatoms. The maximum absolute atomic E-state index is 12.3. The van der Waals surface area contributed by atoms with E-state index in [4.69, 9.17) is 9.15 Å². The summed E-state index contributed by atoms with van der Waals surface area (Å²) in [7, 11) is 0. The first-order chi connectivity index (χ1) is 11.1. The topological polar surface area (TPSA) is 65.2 Å². The first-order valence-electron chi connectivity index (χ1n) is 6.96.